The molecule has 0 spiro atoms. The molecule has 0 amide bonds. The average Bonchev–Trinajstić information content (AvgIpc) is 2.36. The van der Waals surface area contributed by atoms with Crippen LogP contribution in [0.25, 0.3) is 0 Å². The lowest BCUT2D eigenvalue weighted by atomic mass is 10.2. The lowest BCUT2D eigenvalue weighted by Crippen LogP contribution is -2.31. The van der Waals surface area contributed by atoms with E-state index in [1.54, 1.807) is 7.11 Å². The lowest BCUT2D eigenvalue weighted by Gasteiger charge is -2.23. The number of ether oxygens (including phenoxy) is 1. The van der Waals surface area contributed by atoms with Crippen molar-refractivity contribution < 1.29 is 4.74 Å². The highest BCUT2D eigenvalue weighted by Crippen LogP contribution is 2.11. The molecule has 0 aliphatic carbocycles. The Morgan fingerprint density at radius 1 is 1.42 bits per heavy atom. The quantitative estimate of drug-likeness (QED) is 0.745. The van der Waals surface area contributed by atoms with Gasteiger partial charge in [0.2, 0.25) is 0 Å². The van der Waals surface area contributed by atoms with E-state index in [4.69, 9.17) is 4.74 Å². The SMILES string of the molecule is CCNc1ccnc(CN(CCOC)CC(C)C)c1. The third-order valence-corrected chi connectivity index (χ3v) is 2.82. The smallest absolute Gasteiger partial charge is 0.0589 e. The highest BCUT2D eigenvalue weighted by atomic mass is 16.5. The van der Waals surface area contributed by atoms with Gasteiger partial charge in [-0.25, -0.2) is 0 Å². The van der Waals surface area contributed by atoms with Crippen molar-refractivity contribution in [1.82, 2.24) is 9.88 Å². The maximum atomic E-state index is 5.18. The second-order valence-corrected chi connectivity index (χ2v) is 5.19. The summed E-state index contributed by atoms with van der Waals surface area (Å²) < 4.78 is 5.18. The van der Waals surface area contributed by atoms with E-state index in [9.17, 15) is 0 Å². The molecule has 0 unspecified atom stereocenters. The molecule has 4 heteroatoms. The summed E-state index contributed by atoms with van der Waals surface area (Å²) in [4.78, 5) is 6.85. The van der Waals surface area contributed by atoms with Gasteiger partial charge < -0.3 is 10.1 Å². The molecule has 1 N–H and O–H groups in total. The highest BCUT2D eigenvalue weighted by Gasteiger charge is 2.09. The molecule has 19 heavy (non-hydrogen) atoms. The number of nitrogens with zero attached hydrogens (tertiary/aromatic N) is 2. The van der Waals surface area contributed by atoms with Crippen molar-refractivity contribution in [2.45, 2.75) is 27.3 Å². The summed E-state index contributed by atoms with van der Waals surface area (Å²) in [7, 11) is 1.75. The minimum Gasteiger partial charge on any atom is -0.385 e. The molecular formula is C15H27N3O. The molecule has 0 radical (unpaired) electrons. The molecule has 1 aromatic heterocycles. The fraction of sp³-hybridized carbons (Fsp3) is 0.667. The minimum atomic E-state index is 0.647. The van der Waals surface area contributed by atoms with E-state index in [1.165, 1.54) is 0 Å². The molecule has 0 aliphatic rings. The Labute approximate surface area is 117 Å². The number of anilines is 1. The number of pyridine rings is 1. The van der Waals surface area contributed by atoms with Crippen molar-refractivity contribution in [3.05, 3.63) is 24.0 Å². The fourth-order valence-corrected chi connectivity index (χ4v) is 2.08. The molecule has 0 saturated carbocycles. The van der Waals surface area contributed by atoms with Crippen molar-refractivity contribution >= 4 is 5.69 Å². The van der Waals surface area contributed by atoms with E-state index in [1.807, 2.05) is 12.3 Å². The Balaban J connectivity index is 2.63. The number of rotatable bonds is 9. The molecule has 1 aromatic rings. The van der Waals surface area contributed by atoms with E-state index in [0.717, 1.165) is 44.2 Å². The van der Waals surface area contributed by atoms with Gasteiger partial charge in [-0.1, -0.05) is 13.8 Å². The average molecular weight is 265 g/mol. The van der Waals surface area contributed by atoms with Gasteiger partial charge >= 0.3 is 0 Å². The number of hydrogen-bond acceptors (Lipinski definition) is 4. The van der Waals surface area contributed by atoms with Gasteiger partial charge in [-0.15, -0.1) is 0 Å². The Morgan fingerprint density at radius 2 is 2.21 bits per heavy atom. The van der Waals surface area contributed by atoms with Gasteiger partial charge in [0.25, 0.3) is 0 Å². The van der Waals surface area contributed by atoms with Crippen LogP contribution < -0.4 is 5.32 Å². The van der Waals surface area contributed by atoms with Crippen LogP contribution in [0.15, 0.2) is 18.3 Å². The van der Waals surface area contributed by atoms with Gasteiger partial charge in [0.15, 0.2) is 0 Å². The van der Waals surface area contributed by atoms with Gasteiger partial charge in [0, 0.05) is 45.2 Å². The first-order chi connectivity index (χ1) is 9.15. The number of methoxy groups -OCH3 is 1. The molecule has 1 heterocycles. The van der Waals surface area contributed by atoms with Gasteiger partial charge in [-0.05, 0) is 25.0 Å². The van der Waals surface area contributed by atoms with Crippen LogP contribution in [0.5, 0.6) is 0 Å². The Bertz CT molecular complexity index is 355. The van der Waals surface area contributed by atoms with Gasteiger partial charge in [-0.3, -0.25) is 9.88 Å². The van der Waals surface area contributed by atoms with Crippen molar-refractivity contribution in [3.8, 4) is 0 Å². The first kappa shape index (κ1) is 15.9. The summed E-state index contributed by atoms with van der Waals surface area (Å²) in [5, 5.41) is 3.32. The summed E-state index contributed by atoms with van der Waals surface area (Å²) in [5.74, 6) is 0.647. The van der Waals surface area contributed by atoms with Gasteiger partial charge in [0.1, 0.15) is 0 Å². The zero-order chi connectivity index (χ0) is 14.1. The predicted octanol–water partition coefficient (Wildman–Crippen LogP) is 2.62. The van der Waals surface area contributed by atoms with Crippen LogP contribution >= 0.6 is 0 Å². The van der Waals surface area contributed by atoms with Crippen LogP contribution in [0.3, 0.4) is 0 Å². The maximum absolute atomic E-state index is 5.18. The van der Waals surface area contributed by atoms with Crippen LogP contribution in [-0.2, 0) is 11.3 Å². The molecule has 0 saturated heterocycles. The fourth-order valence-electron chi connectivity index (χ4n) is 2.08. The van der Waals surface area contributed by atoms with Crippen molar-refractivity contribution in [2.75, 3.05) is 38.7 Å². The first-order valence-corrected chi connectivity index (χ1v) is 7.05. The second-order valence-electron chi connectivity index (χ2n) is 5.19. The summed E-state index contributed by atoms with van der Waals surface area (Å²) in [5.41, 5.74) is 2.25. The van der Waals surface area contributed by atoms with Gasteiger partial charge in [0.05, 0.1) is 12.3 Å². The van der Waals surface area contributed by atoms with Crippen LogP contribution in [-0.4, -0.2) is 43.2 Å². The number of nitrogens with one attached hydrogen (secondary N) is 1. The lowest BCUT2D eigenvalue weighted by molar-refractivity contribution is 0.135. The molecule has 1 rings (SSSR count). The van der Waals surface area contributed by atoms with E-state index in [-0.39, 0.29) is 0 Å². The van der Waals surface area contributed by atoms with Gasteiger partial charge in [-0.2, -0.15) is 0 Å². The maximum Gasteiger partial charge on any atom is 0.0589 e. The third kappa shape index (κ3) is 6.55. The van der Waals surface area contributed by atoms with E-state index in [0.29, 0.717) is 5.92 Å². The third-order valence-electron chi connectivity index (χ3n) is 2.82. The van der Waals surface area contributed by atoms with Crippen molar-refractivity contribution in [2.24, 2.45) is 5.92 Å². The topological polar surface area (TPSA) is 37.4 Å². The minimum absolute atomic E-state index is 0.647. The van der Waals surface area contributed by atoms with Crippen molar-refractivity contribution in [1.29, 1.82) is 0 Å². The molecule has 0 bridgehead atoms. The second kappa shape index (κ2) is 8.88. The van der Waals surface area contributed by atoms with E-state index >= 15 is 0 Å². The standard InChI is InChI=1S/C15H27N3O/c1-5-16-14-6-7-17-15(10-14)12-18(8-9-19-4)11-13(2)3/h6-7,10,13H,5,8-9,11-12H2,1-4H3,(H,16,17). The van der Waals surface area contributed by atoms with Crippen LogP contribution in [0.4, 0.5) is 5.69 Å². The zero-order valence-electron chi connectivity index (χ0n) is 12.6. The molecule has 0 aromatic carbocycles. The summed E-state index contributed by atoms with van der Waals surface area (Å²) in [6.45, 7) is 11.2. The Hall–Kier alpha value is -1.13. The largest absolute Gasteiger partial charge is 0.385 e. The molecule has 108 valence electrons. The van der Waals surface area contributed by atoms with Crippen LogP contribution in [0, 0.1) is 5.92 Å². The normalized spacial score (nSPS) is 11.3. The summed E-state index contributed by atoms with van der Waals surface area (Å²) >= 11 is 0. The molecule has 0 atom stereocenters. The number of hydrogen-bond donors (Lipinski definition) is 1. The Morgan fingerprint density at radius 3 is 2.84 bits per heavy atom. The van der Waals surface area contributed by atoms with Crippen LogP contribution in [0.1, 0.15) is 26.5 Å². The molecule has 0 fully saturated rings. The molecular weight excluding hydrogens is 238 g/mol. The van der Waals surface area contributed by atoms with E-state index in [2.05, 4.69) is 42.0 Å². The zero-order valence-corrected chi connectivity index (χ0v) is 12.6. The predicted molar refractivity (Wildman–Crippen MR) is 80.4 cm³/mol. The van der Waals surface area contributed by atoms with Crippen molar-refractivity contribution in [3.63, 3.8) is 0 Å². The number of aromatic nitrogens is 1. The first-order valence-electron chi connectivity index (χ1n) is 7.05. The summed E-state index contributed by atoms with van der Waals surface area (Å²) in [6, 6.07) is 4.14. The highest BCUT2D eigenvalue weighted by molar-refractivity contribution is 5.42. The molecule has 4 nitrogen and oxygen atoms in total. The molecule has 0 aliphatic heterocycles. The monoisotopic (exact) mass is 265 g/mol. The van der Waals surface area contributed by atoms with E-state index < -0.39 is 0 Å². The van der Waals surface area contributed by atoms with Crippen LogP contribution in [0.2, 0.25) is 0 Å². The Kier molecular flexibility index (Phi) is 7.45. The summed E-state index contributed by atoms with van der Waals surface area (Å²) in [6.07, 6.45) is 1.87.